The molecule has 11 nitrogen and oxygen atoms in total. The van der Waals surface area contributed by atoms with Crippen LogP contribution in [-0.2, 0) is 24.6 Å². The molecule has 308 valence electrons. The molecule has 0 aromatic heterocycles. The topological polar surface area (TPSA) is 143 Å². The summed E-state index contributed by atoms with van der Waals surface area (Å²) in [6, 6.07) is 30.2. The zero-order valence-corrected chi connectivity index (χ0v) is 35.7. The van der Waals surface area contributed by atoms with E-state index in [1.807, 2.05) is 12.1 Å². The van der Waals surface area contributed by atoms with Crippen LogP contribution in [0.15, 0.2) is 125 Å². The number of carbonyl (C=O) groups excluding carboxylic acids is 5. The van der Waals surface area contributed by atoms with E-state index in [4.69, 9.17) is 32.7 Å². The molecule has 3 fully saturated rings. The van der Waals surface area contributed by atoms with Crippen LogP contribution in [0.3, 0.4) is 0 Å². The SMILES string of the molecule is COc1ccc([C@@]23C(=O)N(Nc4ccc(Cl)cc4Cl)C(=O)[C@@H]2C[C@@H]2C(=CC[C@@H]4C(=O)N(c5ccc(C(=O)c6ccccc6)cc5)C(=O)[C@@H]42)[C@@H]3c2cc(Br)c(O)c(OC)c2)cc1. The first-order chi connectivity index (χ1) is 29.4. The Labute approximate surface area is 368 Å². The van der Waals surface area contributed by atoms with Gasteiger partial charge < -0.3 is 14.6 Å². The van der Waals surface area contributed by atoms with Crippen LogP contribution in [0.25, 0.3) is 0 Å². The highest BCUT2D eigenvalue weighted by molar-refractivity contribution is 9.10. The van der Waals surface area contributed by atoms with Gasteiger partial charge in [0.15, 0.2) is 17.3 Å². The molecule has 2 aliphatic heterocycles. The summed E-state index contributed by atoms with van der Waals surface area (Å²) < 4.78 is 11.4. The lowest BCUT2D eigenvalue weighted by Crippen LogP contribution is -2.53. The molecule has 0 bridgehead atoms. The maximum atomic E-state index is 15.6. The summed E-state index contributed by atoms with van der Waals surface area (Å²) in [6.45, 7) is 0. The van der Waals surface area contributed by atoms with Gasteiger partial charge in [0.1, 0.15) is 5.75 Å². The third-order valence-corrected chi connectivity index (χ3v) is 13.8. The number of ketones is 1. The van der Waals surface area contributed by atoms with Crippen molar-refractivity contribution in [3.63, 3.8) is 0 Å². The van der Waals surface area contributed by atoms with E-state index in [0.717, 1.165) is 5.01 Å². The van der Waals surface area contributed by atoms with Crippen molar-refractivity contribution in [2.45, 2.75) is 24.2 Å². The van der Waals surface area contributed by atoms with Crippen molar-refractivity contribution < 1.29 is 38.6 Å². The highest BCUT2D eigenvalue weighted by Gasteiger charge is 2.70. The fourth-order valence-corrected chi connectivity index (χ4v) is 10.8. The third kappa shape index (κ3) is 6.33. The number of anilines is 2. The molecule has 0 spiro atoms. The number of amides is 4. The van der Waals surface area contributed by atoms with Crippen LogP contribution in [0.5, 0.6) is 17.2 Å². The number of hydrazine groups is 1. The number of methoxy groups -OCH3 is 2. The fourth-order valence-electron chi connectivity index (χ4n) is 9.91. The Kier molecular flexibility index (Phi) is 10.3. The number of allylic oxidation sites excluding steroid dienone is 2. The molecule has 5 aromatic rings. The normalized spacial score (nSPS) is 24.2. The molecular weight excluding hydrogens is 885 g/mol. The number of ether oxygens (including phenoxy) is 2. The van der Waals surface area contributed by atoms with Crippen LogP contribution < -0.4 is 19.8 Å². The molecule has 5 aromatic carbocycles. The number of aromatic hydroxyl groups is 1. The molecule has 2 heterocycles. The number of carbonyl (C=O) groups is 5. The maximum absolute atomic E-state index is 15.6. The minimum absolute atomic E-state index is 0.0421. The van der Waals surface area contributed by atoms with E-state index in [2.05, 4.69) is 21.4 Å². The van der Waals surface area contributed by atoms with E-state index in [1.165, 1.54) is 25.2 Å². The number of hydrogen-bond donors (Lipinski definition) is 2. The summed E-state index contributed by atoms with van der Waals surface area (Å²) in [5, 5.41) is 12.5. The van der Waals surface area contributed by atoms with E-state index in [-0.39, 0.29) is 51.2 Å². The van der Waals surface area contributed by atoms with Gasteiger partial charge in [-0.3, -0.25) is 34.3 Å². The van der Waals surface area contributed by atoms with Crippen LogP contribution in [0.2, 0.25) is 10.0 Å². The Morgan fingerprint density at radius 2 is 1.52 bits per heavy atom. The highest BCUT2D eigenvalue weighted by atomic mass is 79.9. The summed E-state index contributed by atoms with van der Waals surface area (Å²) in [7, 11) is 2.94. The molecule has 2 saturated heterocycles. The molecule has 61 heavy (non-hydrogen) atoms. The van der Waals surface area contributed by atoms with Gasteiger partial charge in [-0.15, -0.1) is 0 Å². The number of benzene rings is 5. The van der Waals surface area contributed by atoms with Crippen LogP contribution >= 0.6 is 39.1 Å². The summed E-state index contributed by atoms with van der Waals surface area (Å²) in [4.78, 5) is 74.3. The Bertz CT molecular complexity index is 2690. The summed E-state index contributed by atoms with van der Waals surface area (Å²) in [6.07, 6.45) is 2.16. The van der Waals surface area contributed by atoms with Gasteiger partial charge >= 0.3 is 0 Å². The van der Waals surface area contributed by atoms with Gasteiger partial charge in [-0.25, -0.2) is 0 Å². The quantitative estimate of drug-likeness (QED) is 0.0842. The zero-order valence-electron chi connectivity index (χ0n) is 32.6. The van der Waals surface area contributed by atoms with Gasteiger partial charge in [0, 0.05) is 22.1 Å². The van der Waals surface area contributed by atoms with E-state index < -0.39 is 52.7 Å². The van der Waals surface area contributed by atoms with Crippen molar-refractivity contribution in [2.24, 2.45) is 23.7 Å². The molecule has 9 rings (SSSR count). The van der Waals surface area contributed by atoms with Crippen LogP contribution in [0.4, 0.5) is 11.4 Å². The molecular formula is C47H36BrCl2N3O8. The number of rotatable bonds is 9. The third-order valence-electron chi connectivity index (χ3n) is 12.6. The standard InChI is InChI=1S/C47H36BrCl2N3O8/c1-60-30-15-10-27(11-16-30)47-34(44(57)53(46(47)59)51-37-19-12-28(49)22-36(37)50)23-33-31(40(47)26-20-35(48)42(55)38(21-26)61-2)17-18-32-39(33)45(58)52(43(32)56)29-13-8-25(9-14-29)41(54)24-6-4-3-5-7-24/h3-17,19-22,32-34,39-40,51,55H,18,23H2,1-2H3/t32-,33+,34-,39-,40-,47+/m0/s1. The predicted octanol–water partition coefficient (Wildman–Crippen LogP) is 8.90. The summed E-state index contributed by atoms with van der Waals surface area (Å²) in [5.41, 5.74) is 4.60. The molecule has 2 aliphatic carbocycles. The average Bonchev–Trinajstić information content (AvgIpc) is 3.65. The maximum Gasteiger partial charge on any atom is 0.260 e. The van der Waals surface area contributed by atoms with Crippen molar-refractivity contribution in [2.75, 3.05) is 24.5 Å². The number of fused-ring (bicyclic) bond motifs is 4. The van der Waals surface area contributed by atoms with Gasteiger partial charge in [-0.1, -0.05) is 77.3 Å². The van der Waals surface area contributed by atoms with Gasteiger partial charge in [-0.05, 0) is 113 Å². The number of nitrogens with zero attached hydrogens (tertiary/aromatic N) is 2. The number of nitrogens with one attached hydrogen (secondary N) is 1. The van der Waals surface area contributed by atoms with Crippen LogP contribution in [0, 0.1) is 23.7 Å². The molecule has 14 heteroatoms. The number of phenols is 1. The van der Waals surface area contributed by atoms with E-state index >= 15 is 9.59 Å². The molecule has 4 amide bonds. The minimum Gasteiger partial charge on any atom is -0.503 e. The second-order valence-corrected chi connectivity index (χ2v) is 17.2. The van der Waals surface area contributed by atoms with Gasteiger partial charge in [0.2, 0.25) is 11.8 Å². The van der Waals surface area contributed by atoms with Gasteiger partial charge in [0.05, 0.1) is 58.3 Å². The first-order valence-electron chi connectivity index (χ1n) is 19.5. The first kappa shape index (κ1) is 40.5. The van der Waals surface area contributed by atoms with Crippen molar-refractivity contribution in [3.05, 3.63) is 158 Å². The minimum atomic E-state index is -1.63. The molecule has 1 saturated carbocycles. The second kappa shape index (κ2) is 15.5. The fraction of sp³-hybridized carbons (Fsp3) is 0.213. The molecule has 6 atom stereocenters. The number of halogens is 3. The van der Waals surface area contributed by atoms with Crippen molar-refractivity contribution in [1.82, 2.24) is 5.01 Å². The zero-order chi connectivity index (χ0) is 42.9. The Morgan fingerprint density at radius 3 is 2.20 bits per heavy atom. The lowest BCUT2D eigenvalue weighted by atomic mass is 9.49. The van der Waals surface area contributed by atoms with Crippen LogP contribution in [-0.4, -0.2) is 53.7 Å². The lowest BCUT2D eigenvalue weighted by Gasteiger charge is -2.50. The van der Waals surface area contributed by atoms with Crippen molar-refractivity contribution in [1.29, 1.82) is 0 Å². The molecule has 0 unspecified atom stereocenters. The molecule has 0 radical (unpaired) electrons. The predicted molar refractivity (Wildman–Crippen MR) is 232 cm³/mol. The Balaban J connectivity index is 1.18. The highest BCUT2D eigenvalue weighted by Crippen LogP contribution is 2.65. The molecule has 2 N–H and O–H groups in total. The largest absolute Gasteiger partial charge is 0.503 e. The summed E-state index contributed by atoms with van der Waals surface area (Å²) in [5.74, 6) is -5.97. The van der Waals surface area contributed by atoms with E-state index in [9.17, 15) is 19.5 Å². The van der Waals surface area contributed by atoms with Crippen molar-refractivity contribution in [3.8, 4) is 17.2 Å². The second-order valence-electron chi connectivity index (χ2n) is 15.5. The molecule has 4 aliphatic rings. The number of hydrogen-bond acceptors (Lipinski definition) is 9. The number of imide groups is 2. The summed E-state index contributed by atoms with van der Waals surface area (Å²) >= 11 is 16.3. The monoisotopic (exact) mass is 919 g/mol. The van der Waals surface area contributed by atoms with Gasteiger partial charge in [-0.2, -0.15) is 5.01 Å². The Morgan fingerprint density at radius 1 is 0.820 bits per heavy atom. The smallest absolute Gasteiger partial charge is 0.260 e. The van der Waals surface area contributed by atoms with Crippen LogP contribution in [0.1, 0.15) is 45.8 Å². The number of phenolic OH excluding ortho intramolecular Hbond substituents is 1. The van der Waals surface area contributed by atoms with E-state index in [1.54, 1.807) is 97.1 Å². The van der Waals surface area contributed by atoms with E-state index in [0.29, 0.717) is 44.3 Å². The van der Waals surface area contributed by atoms with Crippen molar-refractivity contribution >= 4 is 79.9 Å². The first-order valence-corrected chi connectivity index (χ1v) is 21.0. The average molecular weight is 922 g/mol. The Hall–Kier alpha value is -5.95. The van der Waals surface area contributed by atoms with Gasteiger partial charge in [0.25, 0.3) is 11.8 Å². The lowest BCUT2D eigenvalue weighted by molar-refractivity contribution is -0.138.